The van der Waals surface area contributed by atoms with Crippen LogP contribution in [0.1, 0.15) is 5.56 Å². The first-order valence-corrected chi connectivity index (χ1v) is 4.76. The Morgan fingerprint density at radius 2 is 2.33 bits per heavy atom. The second-order valence-corrected chi connectivity index (χ2v) is 3.39. The molecule has 0 saturated carbocycles. The number of hydroxylamine groups is 1. The van der Waals surface area contributed by atoms with Gasteiger partial charge in [0.1, 0.15) is 5.15 Å². The molecule has 0 radical (unpaired) electrons. The molecule has 15 heavy (non-hydrogen) atoms. The molecule has 1 amide bonds. The number of carbonyl (C=O) groups is 1. The Labute approximate surface area is 95.9 Å². The molecule has 2 N–H and O–H groups in total. The van der Waals surface area contributed by atoms with Crippen LogP contribution in [0.15, 0.2) is 12.3 Å². The Kier molecular flexibility index (Phi) is 4.61. The van der Waals surface area contributed by atoms with Gasteiger partial charge in [-0.2, -0.15) is 5.48 Å². The lowest BCUT2D eigenvalue weighted by Gasteiger charge is -2.03. The van der Waals surface area contributed by atoms with Crippen molar-refractivity contribution in [3.63, 3.8) is 0 Å². The molecule has 0 aromatic carbocycles. The van der Waals surface area contributed by atoms with Crippen molar-refractivity contribution in [2.75, 3.05) is 6.61 Å². The zero-order valence-corrected chi connectivity index (χ0v) is 9.05. The number of aromatic nitrogens is 1. The number of nitrogens with one attached hydrogen (secondary N) is 1. The number of rotatable bonds is 4. The fourth-order valence-corrected chi connectivity index (χ4v) is 1.17. The van der Waals surface area contributed by atoms with Gasteiger partial charge in [0, 0.05) is 6.20 Å². The van der Waals surface area contributed by atoms with Crippen LogP contribution in [0, 0.1) is 0 Å². The Bertz CT molecular complexity index is 360. The largest absolute Gasteiger partial charge is 0.464 e. The molecule has 1 heterocycles. The number of carboxylic acid groups (broad SMARTS) is 1. The molecule has 0 aliphatic carbocycles. The number of halogens is 2. The van der Waals surface area contributed by atoms with E-state index in [0.717, 1.165) is 5.56 Å². The summed E-state index contributed by atoms with van der Waals surface area (Å²) < 4.78 is 0. The Balaban J connectivity index is 2.38. The molecule has 1 rings (SSSR count). The highest BCUT2D eigenvalue weighted by molar-refractivity contribution is 6.41. The number of amides is 1. The summed E-state index contributed by atoms with van der Waals surface area (Å²) >= 11 is 11.4. The van der Waals surface area contributed by atoms with E-state index in [2.05, 4.69) is 9.82 Å². The molecule has 0 unspecified atom stereocenters. The molecule has 0 spiro atoms. The highest BCUT2D eigenvalue weighted by Gasteiger charge is 2.01. The Morgan fingerprint density at radius 1 is 1.60 bits per heavy atom. The maximum Gasteiger partial charge on any atom is 0.428 e. The van der Waals surface area contributed by atoms with E-state index in [1.165, 1.54) is 0 Å². The zero-order valence-electron chi connectivity index (χ0n) is 7.54. The normalized spacial score (nSPS) is 10.0. The van der Waals surface area contributed by atoms with Crippen LogP contribution in [0.25, 0.3) is 0 Å². The third kappa shape index (κ3) is 4.33. The molecule has 1 aromatic heterocycles. The average molecular weight is 251 g/mol. The Morgan fingerprint density at radius 3 is 2.93 bits per heavy atom. The molecule has 0 aliphatic rings. The van der Waals surface area contributed by atoms with E-state index < -0.39 is 6.09 Å². The quantitative estimate of drug-likeness (QED) is 0.488. The maximum absolute atomic E-state index is 10.0. The number of hydrogen-bond acceptors (Lipinski definition) is 3. The van der Waals surface area contributed by atoms with Gasteiger partial charge in [0.15, 0.2) is 0 Å². The summed E-state index contributed by atoms with van der Waals surface area (Å²) in [6.07, 6.45) is 0.810. The van der Waals surface area contributed by atoms with Crippen molar-refractivity contribution in [1.29, 1.82) is 0 Å². The van der Waals surface area contributed by atoms with Crippen molar-refractivity contribution in [2.24, 2.45) is 0 Å². The highest BCUT2D eigenvalue weighted by Crippen LogP contribution is 2.19. The van der Waals surface area contributed by atoms with Gasteiger partial charge in [0.05, 0.1) is 11.6 Å². The standard InChI is InChI=1S/C8H8Cl2N2O3/c9-6-3-5(4-11-7(6)10)1-2-15-12-8(13)14/h3-4,12H,1-2H2,(H,13,14). The van der Waals surface area contributed by atoms with Crippen molar-refractivity contribution in [1.82, 2.24) is 10.5 Å². The van der Waals surface area contributed by atoms with Gasteiger partial charge < -0.3 is 5.11 Å². The van der Waals surface area contributed by atoms with Crippen molar-refractivity contribution in [3.05, 3.63) is 28.0 Å². The van der Waals surface area contributed by atoms with Gasteiger partial charge >= 0.3 is 6.09 Å². The van der Waals surface area contributed by atoms with E-state index in [1.54, 1.807) is 17.7 Å². The Hall–Kier alpha value is -1.04. The van der Waals surface area contributed by atoms with E-state index >= 15 is 0 Å². The molecule has 1 aromatic rings. The summed E-state index contributed by atoms with van der Waals surface area (Å²) in [4.78, 5) is 18.5. The SMILES string of the molecule is O=C(O)NOCCc1cnc(Cl)c(Cl)c1. The second-order valence-electron chi connectivity index (χ2n) is 2.62. The maximum atomic E-state index is 10.0. The molecular formula is C8H8Cl2N2O3. The minimum atomic E-state index is -1.23. The minimum absolute atomic E-state index is 0.200. The van der Waals surface area contributed by atoms with Crippen LogP contribution in [0.2, 0.25) is 10.2 Å². The molecule has 0 bridgehead atoms. The molecule has 0 aliphatic heterocycles. The molecule has 0 fully saturated rings. The van der Waals surface area contributed by atoms with Crippen LogP contribution in [0.4, 0.5) is 4.79 Å². The van der Waals surface area contributed by atoms with Crippen LogP contribution in [-0.4, -0.2) is 22.8 Å². The van der Waals surface area contributed by atoms with E-state index in [4.69, 9.17) is 28.3 Å². The van der Waals surface area contributed by atoms with Gasteiger partial charge in [-0.25, -0.2) is 9.78 Å². The minimum Gasteiger partial charge on any atom is -0.464 e. The predicted molar refractivity (Wildman–Crippen MR) is 55.1 cm³/mol. The van der Waals surface area contributed by atoms with Gasteiger partial charge in [-0.05, 0) is 18.1 Å². The van der Waals surface area contributed by atoms with E-state index in [1.807, 2.05) is 0 Å². The average Bonchev–Trinajstić information content (AvgIpc) is 2.18. The first-order chi connectivity index (χ1) is 7.09. The predicted octanol–water partition coefficient (Wildman–Crippen LogP) is 2.13. The number of pyridine rings is 1. The molecule has 5 nitrogen and oxygen atoms in total. The highest BCUT2D eigenvalue weighted by atomic mass is 35.5. The molecular weight excluding hydrogens is 243 g/mol. The molecule has 0 saturated heterocycles. The third-order valence-corrected chi connectivity index (χ3v) is 2.19. The van der Waals surface area contributed by atoms with Crippen molar-refractivity contribution in [3.8, 4) is 0 Å². The smallest absolute Gasteiger partial charge is 0.428 e. The van der Waals surface area contributed by atoms with Crippen LogP contribution in [-0.2, 0) is 11.3 Å². The summed E-state index contributed by atoms with van der Waals surface area (Å²) in [6.45, 7) is 0.200. The summed E-state index contributed by atoms with van der Waals surface area (Å²) in [5.41, 5.74) is 2.60. The van der Waals surface area contributed by atoms with E-state index in [0.29, 0.717) is 11.4 Å². The van der Waals surface area contributed by atoms with Crippen molar-refractivity contribution < 1.29 is 14.7 Å². The fourth-order valence-electron chi connectivity index (χ4n) is 0.879. The number of nitrogens with zero attached hydrogens (tertiary/aromatic N) is 1. The zero-order chi connectivity index (χ0) is 11.3. The van der Waals surface area contributed by atoms with Gasteiger partial charge in [0.2, 0.25) is 0 Å². The van der Waals surface area contributed by atoms with Crippen LogP contribution in [0.5, 0.6) is 0 Å². The van der Waals surface area contributed by atoms with Gasteiger partial charge in [0.25, 0.3) is 0 Å². The summed E-state index contributed by atoms with van der Waals surface area (Å²) in [6, 6.07) is 1.65. The van der Waals surface area contributed by atoms with Gasteiger partial charge in [-0.15, -0.1) is 0 Å². The van der Waals surface area contributed by atoms with Crippen LogP contribution >= 0.6 is 23.2 Å². The van der Waals surface area contributed by atoms with Gasteiger partial charge in [-0.3, -0.25) is 4.84 Å². The van der Waals surface area contributed by atoms with E-state index in [9.17, 15) is 4.79 Å². The van der Waals surface area contributed by atoms with Gasteiger partial charge in [-0.1, -0.05) is 23.2 Å². The van der Waals surface area contributed by atoms with Crippen LogP contribution in [0.3, 0.4) is 0 Å². The third-order valence-electron chi connectivity index (χ3n) is 1.51. The molecule has 7 heteroatoms. The number of hydrogen-bond donors (Lipinski definition) is 2. The van der Waals surface area contributed by atoms with Crippen LogP contribution < -0.4 is 5.48 Å². The first kappa shape index (κ1) is 12.0. The van der Waals surface area contributed by atoms with E-state index in [-0.39, 0.29) is 11.8 Å². The lowest BCUT2D eigenvalue weighted by molar-refractivity contribution is 0.0440. The van der Waals surface area contributed by atoms with Crippen molar-refractivity contribution >= 4 is 29.3 Å². The van der Waals surface area contributed by atoms with Crippen molar-refractivity contribution in [2.45, 2.75) is 6.42 Å². The monoisotopic (exact) mass is 250 g/mol. The lowest BCUT2D eigenvalue weighted by Crippen LogP contribution is -2.22. The summed E-state index contributed by atoms with van der Waals surface area (Å²) in [5, 5.41) is 8.81. The summed E-state index contributed by atoms with van der Waals surface area (Å²) in [5.74, 6) is 0. The fraction of sp³-hybridized carbons (Fsp3) is 0.250. The lowest BCUT2D eigenvalue weighted by atomic mass is 10.2. The molecule has 0 atom stereocenters. The topological polar surface area (TPSA) is 71.5 Å². The molecule has 82 valence electrons. The second kappa shape index (κ2) is 5.75. The summed E-state index contributed by atoms with van der Waals surface area (Å²) in [7, 11) is 0. The first-order valence-electron chi connectivity index (χ1n) is 4.00.